The first-order chi connectivity index (χ1) is 8.92. The molecule has 108 valence electrons. The highest BCUT2D eigenvalue weighted by Gasteiger charge is 2.40. The van der Waals surface area contributed by atoms with E-state index in [1.165, 1.54) is 0 Å². The maximum Gasteiger partial charge on any atom is 0.248 e. The molecule has 2 aliphatic rings. The molecule has 1 N–H and O–H groups in total. The summed E-state index contributed by atoms with van der Waals surface area (Å²) in [6.45, 7) is 7.73. The van der Waals surface area contributed by atoms with Crippen LogP contribution in [0.15, 0.2) is 0 Å². The highest BCUT2D eigenvalue weighted by Crippen LogP contribution is 2.25. The van der Waals surface area contributed by atoms with Crippen LogP contribution in [0, 0.1) is 5.92 Å². The van der Waals surface area contributed by atoms with Gasteiger partial charge in [-0.15, -0.1) is 0 Å². The summed E-state index contributed by atoms with van der Waals surface area (Å²) in [6.07, 6.45) is 2.38. The van der Waals surface area contributed by atoms with Gasteiger partial charge in [0.1, 0.15) is 5.54 Å². The molecular formula is C14H24N2O3. The molecule has 2 fully saturated rings. The van der Waals surface area contributed by atoms with Crippen molar-refractivity contribution in [1.82, 2.24) is 10.2 Å². The van der Waals surface area contributed by atoms with E-state index in [9.17, 15) is 9.59 Å². The molecule has 0 saturated carbocycles. The Kier molecular flexibility index (Phi) is 4.13. The predicted molar refractivity (Wildman–Crippen MR) is 71.6 cm³/mol. The Bertz CT molecular complexity index is 362. The van der Waals surface area contributed by atoms with Crippen molar-refractivity contribution in [3.05, 3.63) is 0 Å². The van der Waals surface area contributed by atoms with E-state index < -0.39 is 5.54 Å². The second kappa shape index (κ2) is 5.49. The number of carbonyl (C=O) groups excluding carboxylic acids is 2. The first-order valence-electron chi connectivity index (χ1n) is 7.11. The Balaban J connectivity index is 2.12. The number of nitrogens with zero attached hydrogens (tertiary/aromatic N) is 1. The van der Waals surface area contributed by atoms with Crippen molar-refractivity contribution in [2.75, 3.05) is 19.8 Å². The summed E-state index contributed by atoms with van der Waals surface area (Å²) >= 11 is 0. The molecule has 0 radical (unpaired) electrons. The first kappa shape index (κ1) is 14.3. The Labute approximate surface area is 114 Å². The molecule has 2 saturated heterocycles. The standard InChI is InChI=1S/C14H24N2O3/c1-10(11-5-8-19-9-6-11)16-7-4-12(17)15-14(2,3)13(16)18/h10-11H,4-9H2,1-3H3,(H,15,17). The molecule has 5 heteroatoms. The smallest absolute Gasteiger partial charge is 0.248 e. The second-order valence-corrected chi connectivity index (χ2v) is 6.11. The lowest BCUT2D eigenvalue weighted by atomic mass is 9.90. The van der Waals surface area contributed by atoms with E-state index >= 15 is 0 Å². The van der Waals surface area contributed by atoms with Crippen LogP contribution in [0.1, 0.15) is 40.0 Å². The Morgan fingerprint density at radius 2 is 1.95 bits per heavy atom. The van der Waals surface area contributed by atoms with Gasteiger partial charge in [-0.25, -0.2) is 0 Å². The average Bonchev–Trinajstić information content (AvgIpc) is 2.47. The summed E-state index contributed by atoms with van der Waals surface area (Å²) in [5.41, 5.74) is -0.799. The number of hydrogen-bond donors (Lipinski definition) is 1. The van der Waals surface area contributed by atoms with Gasteiger partial charge in [0.2, 0.25) is 11.8 Å². The van der Waals surface area contributed by atoms with E-state index in [2.05, 4.69) is 12.2 Å². The van der Waals surface area contributed by atoms with Crippen LogP contribution in [-0.2, 0) is 14.3 Å². The minimum absolute atomic E-state index is 0.0253. The van der Waals surface area contributed by atoms with Gasteiger partial charge in [0, 0.05) is 32.2 Å². The van der Waals surface area contributed by atoms with Gasteiger partial charge in [-0.1, -0.05) is 0 Å². The lowest BCUT2D eigenvalue weighted by Crippen LogP contribution is -2.56. The van der Waals surface area contributed by atoms with Crippen LogP contribution < -0.4 is 5.32 Å². The molecule has 1 atom stereocenters. The maximum absolute atomic E-state index is 12.6. The largest absolute Gasteiger partial charge is 0.381 e. The fourth-order valence-electron chi connectivity index (χ4n) is 2.99. The topological polar surface area (TPSA) is 58.6 Å². The first-order valence-corrected chi connectivity index (χ1v) is 7.11. The number of nitrogens with one attached hydrogen (secondary N) is 1. The third-order valence-electron chi connectivity index (χ3n) is 4.27. The lowest BCUT2D eigenvalue weighted by Gasteiger charge is -2.38. The molecule has 0 aromatic heterocycles. The van der Waals surface area contributed by atoms with Gasteiger partial charge in [0.05, 0.1) is 0 Å². The Morgan fingerprint density at radius 3 is 2.58 bits per heavy atom. The Morgan fingerprint density at radius 1 is 1.32 bits per heavy atom. The molecule has 5 nitrogen and oxygen atoms in total. The van der Waals surface area contributed by atoms with Crippen molar-refractivity contribution in [2.24, 2.45) is 5.92 Å². The monoisotopic (exact) mass is 268 g/mol. The van der Waals surface area contributed by atoms with Crippen molar-refractivity contribution in [2.45, 2.75) is 51.6 Å². The van der Waals surface area contributed by atoms with E-state index in [0.29, 0.717) is 18.9 Å². The van der Waals surface area contributed by atoms with Crippen LogP contribution in [-0.4, -0.2) is 48.1 Å². The van der Waals surface area contributed by atoms with Crippen LogP contribution in [0.3, 0.4) is 0 Å². The zero-order valence-electron chi connectivity index (χ0n) is 12.1. The molecular weight excluding hydrogens is 244 g/mol. The summed E-state index contributed by atoms with van der Waals surface area (Å²) in [7, 11) is 0. The quantitative estimate of drug-likeness (QED) is 0.810. The molecule has 0 aromatic carbocycles. The molecule has 2 heterocycles. The minimum atomic E-state index is -0.799. The van der Waals surface area contributed by atoms with Crippen molar-refractivity contribution in [3.8, 4) is 0 Å². The molecule has 0 aliphatic carbocycles. The van der Waals surface area contributed by atoms with Gasteiger partial charge in [0.15, 0.2) is 0 Å². The van der Waals surface area contributed by atoms with Gasteiger partial charge >= 0.3 is 0 Å². The van der Waals surface area contributed by atoms with E-state index in [1.807, 2.05) is 4.90 Å². The summed E-state index contributed by atoms with van der Waals surface area (Å²) in [5.74, 6) is 0.457. The van der Waals surface area contributed by atoms with Gasteiger partial charge in [-0.05, 0) is 39.5 Å². The highest BCUT2D eigenvalue weighted by atomic mass is 16.5. The van der Waals surface area contributed by atoms with Crippen molar-refractivity contribution in [1.29, 1.82) is 0 Å². The van der Waals surface area contributed by atoms with Crippen molar-refractivity contribution in [3.63, 3.8) is 0 Å². The number of ether oxygens (including phenoxy) is 1. The molecule has 2 rings (SSSR count). The zero-order valence-corrected chi connectivity index (χ0v) is 12.1. The second-order valence-electron chi connectivity index (χ2n) is 6.11. The molecule has 0 bridgehead atoms. The average molecular weight is 268 g/mol. The van der Waals surface area contributed by atoms with Gasteiger partial charge < -0.3 is 15.0 Å². The lowest BCUT2D eigenvalue weighted by molar-refractivity contribution is -0.140. The van der Waals surface area contributed by atoms with Crippen LogP contribution >= 0.6 is 0 Å². The normalized spacial score (nSPS) is 26.8. The van der Waals surface area contributed by atoms with Crippen molar-refractivity contribution >= 4 is 11.8 Å². The zero-order chi connectivity index (χ0) is 14.0. The van der Waals surface area contributed by atoms with Gasteiger partial charge in [0.25, 0.3) is 0 Å². The number of amides is 2. The van der Waals surface area contributed by atoms with E-state index in [-0.39, 0.29) is 17.9 Å². The van der Waals surface area contributed by atoms with Crippen molar-refractivity contribution < 1.29 is 14.3 Å². The summed E-state index contributed by atoms with van der Waals surface area (Å²) in [4.78, 5) is 26.1. The third kappa shape index (κ3) is 3.08. The van der Waals surface area contributed by atoms with Gasteiger partial charge in [-0.3, -0.25) is 9.59 Å². The van der Waals surface area contributed by atoms with Gasteiger partial charge in [-0.2, -0.15) is 0 Å². The van der Waals surface area contributed by atoms with Crippen LogP contribution in [0.25, 0.3) is 0 Å². The number of rotatable bonds is 2. The Hall–Kier alpha value is -1.10. The molecule has 0 spiro atoms. The molecule has 0 aromatic rings. The fraction of sp³-hybridized carbons (Fsp3) is 0.857. The van der Waals surface area contributed by atoms with Crippen LogP contribution in [0.4, 0.5) is 0 Å². The number of carbonyl (C=O) groups is 2. The summed E-state index contributed by atoms with van der Waals surface area (Å²) in [5, 5.41) is 2.80. The molecule has 2 aliphatic heterocycles. The van der Waals surface area contributed by atoms with E-state index in [1.54, 1.807) is 13.8 Å². The van der Waals surface area contributed by atoms with Crippen LogP contribution in [0.5, 0.6) is 0 Å². The molecule has 19 heavy (non-hydrogen) atoms. The fourth-order valence-corrected chi connectivity index (χ4v) is 2.99. The molecule has 2 amide bonds. The molecule has 1 unspecified atom stereocenters. The number of hydrogen-bond acceptors (Lipinski definition) is 3. The third-order valence-corrected chi connectivity index (χ3v) is 4.27. The maximum atomic E-state index is 12.6. The van der Waals surface area contributed by atoms with Crippen LogP contribution in [0.2, 0.25) is 0 Å². The summed E-state index contributed by atoms with van der Waals surface area (Å²) < 4.78 is 5.38. The summed E-state index contributed by atoms with van der Waals surface area (Å²) in [6, 6.07) is 0.170. The SMILES string of the molecule is CC(C1CCOCC1)N1CCC(=O)NC(C)(C)C1=O. The minimum Gasteiger partial charge on any atom is -0.381 e. The highest BCUT2D eigenvalue weighted by molar-refractivity contribution is 5.93. The predicted octanol–water partition coefficient (Wildman–Crippen LogP) is 0.929. The van der Waals surface area contributed by atoms with E-state index in [4.69, 9.17) is 4.74 Å². The van der Waals surface area contributed by atoms with E-state index in [0.717, 1.165) is 26.1 Å².